The fourth-order valence-electron chi connectivity index (χ4n) is 1.10. The van der Waals surface area contributed by atoms with Gasteiger partial charge in [0.05, 0.1) is 11.6 Å². The van der Waals surface area contributed by atoms with Crippen LogP contribution in [0, 0.1) is 0 Å². The number of primary sulfonamides is 1. The lowest BCUT2D eigenvalue weighted by Gasteiger charge is -2.09. The van der Waals surface area contributed by atoms with E-state index in [0.717, 1.165) is 12.3 Å². The minimum absolute atomic E-state index is 0.169. The Kier molecular flexibility index (Phi) is 3.58. The second-order valence-electron chi connectivity index (χ2n) is 2.66. The number of hydrogen-bond acceptors (Lipinski definition) is 3. The van der Waals surface area contributed by atoms with Crippen LogP contribution in [-0.4, -0.2) is 13.4 Å². The van der Waals surface area contributed by atoms with Gasteiger partial charge in [0, 0.05) is 11.8 Å². The first-order valence-corrected chi connectivity index (χ1v) is 5.80. The molecule has 0 saturated carbocycles. The highest BCUT2D eigenvalue weighted by Gasteiger charge is 2.24. The molecule has 4 nitrogen and oxygen atoms in total. The van der Waals surface area contributed by atoms with Crippen molar-refractivity contribution in [2.75, 3.05) is 0 Å². The molecule has 0 saturated heterocycles. The fourth-order valence-corrected chi connectivity index (χ4v) is 2.32. The first-order chi connectivity index (χ1) is 6.88. The number of hydrogen-bond donors (Lipinski definition) is 1. The van der Waals surface area contributed by atoms with Crippen LogP contribution < -0.4 is 5.14 Å². The molecule has 15 heavy (non-hydrogen) atoms. The van der Waals surface area contributed by atoms with E-state index in [0.29, 0.717) is 0 Å². The van der Waals surface area contributed by atoms with Crippen molar-refractivity contribution in [2.24, 2.45) is 5.14 Å². The molecule has 0 unspecified atom stereocenters. The Balaban J connectivity index is 3.55. The van der Waals surface area contributed by atoms with E-state index < -0.39 is 26.9 Å². The van der Waals surface area contributed by atoms with Gasteiger partial charge in [-0.2, -0.15) is 0 Å². The molecule has 0 aliphatic carbocycles. The van der Waals surface area contributed by atoms with Gasteiger partial charge in [-0.25, -0.2) is 22.3 Å². The molecule has 0 spiro atoms. The van der Waals surface area contributed by atoms with Crippen LogP contribution in [0.15, 0.2) is 17.2 Å². The maximum Gasteiger partial charge on any atom is 0.265 e. The van der Waals surface area contributed by atoms with Crippen molar-refractivity contribution in [3.63, 3.8) is 0 Å². The van der Waals surface area contributed by atoms with E-state index in [-0.39, 0.29) is 11.6 Å². The minimum atomic E-state index is -4.25. The lowest BCUT2D eigenvalue weighted by atomic mass is 10.2. The Bertz CT molecular complexity index is 464. The van der Waals surface area contributed by atoms with Crippen molar-refractivity contribution in [1.82, 2.24) is 4.98 Å². The molecule has 0 amide bonds. The van der Waals surface area contributed by atoms with Crippen LogP contribution in [0.5, 0.6) is 0 Å². The second kappa shape index (κ2) is 4.38. The van der Waals surface area contributed by atoms with Crippen molar-refractivity contribution in [1.29, 1.82) is 0 Å². The number of nitrogens with two attached hydrogens (primary N) is 1. The topological polar surface area (TPSA) is 73.1 Å². The molecule has 1 heterocycles. The van der Waals surface area contributed by atoms with Gasteiger partial charge < -0.3 is 0 Å². The molecular weight excluding hydrogens is 250 g/mol. The van der Waals surface area contributed by atoms with Crippen molar-refractivity contribution < 1.29 is 17.2 Å². The number of pyridine rings is 1. The molecule has 0 aliphatic rings. The molecule has 0 aromatic carbocycles. The monoisotopic (exact) mass is 256 g/mol. The maximum atomic E-state index is 12.5. The zero-order chi connectivity index (χ0) is 11.6. The summed E-state index contributed by atoms with van der Waals surface area (Å²) in [6, 6.07) is 0.903. The molecule has 0 atom stereocenters. The van der Waals surface area contributed by atoms with Crippen molar-refractivity contribution in [3.05, 3.63) is 23.5 Å². The molecule has 1 rings (SSSR count). The number of sulfonamides is 1. The summed E-state index contributed by atoms with van der Waals surface area (Å²) in [5.74, 6) is -0.299. The van der Waals surface area contributed by atoms with Crippen LogP contribution in [-0.2, 0) is 15.9 Å². The quantitative estimate of drug-likeness (QED) is 0.831. The van der Waals surface area contributed by atoms with E-state index in [1.54, 1.807) is 0 Å². The van der Waals surface area contributed by atoms with Gasteiger partial charge in [-0.3, -0.25) is 4.98 Å². The third kappa shape index (κ3) is 2.61. The fraction of sp³-hybridized carbons (Fsp3) is 0.286. The lowest BCUT2D eigenvalue weighted by molar-refractivity contribution is 0.147. The number of alkyl halides is 3. The molecule has 2 N–H and O–H groups in total. The van der Waals surface area contributed by atoms with E-state index in [2.05, 4.69) is 4.98 Å². The Morgan fingerprint density at radius 3 is 2.53 bits per heavy atom. The van der Waals surface area contributed by atoms with Gasteiger partial charge in [-0.1, -0.05) is 0 Å². The minimum Gasteiger partial charge on any atom is -0.259 e. The van der Waals surface area contributed by atoms with Gasteiger partial charge in [0.2, 0.25) is 10.0 Å². The van der Waals surface area contributed by atoms with Gasteiger partial charge in [0.15, 0.2) is 0 Å². The molecule has 84 valence electrons. The average molecular weight is 257 g/mol. The highest BCUT2D eigenvalue weighted by Crippen LogP contribution is 2.27. The summed E-state index contributed by atoms with van der Waals surface area (Å²) in [7, 11) is -4.25. The van der Waals surface area contributed by atoms with Gasteiger partial charge in [0.1, 0.15) is 4.90 Å². The molecule has 1 aromatic rings. The summed E-state index contributed by atoms with van der Waals surface area (Å²) in [6.45, 7) is 0. The molecule has 0 fully saturated rings. The van der Waals surface area contributed by atoms with Crippen molar-refractivity contribution in [3.8, 4) is 0 Å². The van der Waals surface area contributed by atoms with Gasteiger partial charge >= 0.3 is 0 Å². The smallest absolute Gasteiger partial charge is 0.259 e. The first kappa shape index (κ1) is 12.3. The van der Waals surface area contributed by atoms with Crippen LogP contribution in [0.25, 0.3) is 0 Å². The largest absolute Gasteiger partial charge is 0.265 e. The van der Waals surface area contributed by atoms with Crippen molar-refractivity contribution >= 4 is 21.6 Å². The van der Waals surface area contributed by atoms with E-state index in [1.807, 2.05) is 0 Å². The maximum absolute atomic E-state index is 12.5. The van der Waals surface area contributed by atoms with E-state index in [4.69, 9.17) is 16.7 Å². The van der Waals surface area contributed by atoms with Crippen LogP contribution in [0.4, 0.5) is 8.78 Å². The third-order valence-corrected chi connectivity index (χ3v) is 2.95. The summed E-state index contributed by atoms with van der Waals surface area (Å²) in [5.41, 5.74) is -0.847. The van der Waals surface area contributed by atoms with Crippen LogP contribution >= 0.6 is 11.6 Å². The van der Waals surface area contributed by atoms with Crippen molar-refractivity contribution in [2.45, 2.75) is 17.2 Å². The Morgan fingerprint density at radius 2 is 2.13 bits per heavy atom. The van der Waals surface area contributed by atoms with Crippen LogP contribution in [0.3, 0.4) is 0 Å². The van der Waals surface area contributed by atoms with Crippen LogP contribution in [0.1, 0.15) is 17.7 Å². The highest BCUT2D eigenvalue weighted by atomic mass is 35.5. The number of nitrogens with zero attached hydrogens (tertiary/aromatic N) is 1. The molecule has 0 radical (unpaired) electrons. The van der Waals surface area contributed by atoms with Gasteiger partial charge in [-0.15, -0.1) is 11.6 Å². The Morgan fingerprint density at radius 1 is 1.53 bits per heavy atom. The summed E-state index contributed by atoms with van der Waals surface area (Å²) in [4.78, 5) is 2.90. The summed E-state index contributed by atoms with van der Waals surface area (Å²) < 4.78 is 47.1. The predicted molar refractivity (Wildman–Crippen MR) is 50.1 cm³/mol. The number of aromatic nitrogens is 1. The molecule has 8 heteroatoms. The first-order valence-electron chi connectivity index (χ1n) is 3.72. The summed E-state index contributed by atoms with van der Waals surface area (Å²) in [5, 5.41) is 4.81. The standard InChI is InChI=1S/C7H7ClF2N2O2S/c8-3-5-6(15(11,13)14)4(7(9)10)1-2-12-5/h1-2,7H,3H2,(H2,11,13,14). The molecular formula is C7H7ClF2N2O2S. The molecule has 1 aromatic heterocycles. The Hall–Kier alpha value is -0.790. The number of rotatable bonds is 3. The summed E-state index contributed by atoms with van der Waals surface area (Å²) in [6.07, 6.45) is -1.88. The zero-order valence-electron chi connectivity index (χ0n) is 7.32. The van der Waals surface area contributed by atoms with Gasteiger partial charge in [0.25, 0.3) is 6.43 Å². The third-order valence-electron chi connectivity index (χ3n) is 1.65. The zero-order valence-corrected chi connectivity index (χ0v) is 8.89. The van der Waals surface area contributed by atoms with E-state index in [9.17, 15) is 17.2 Å². The second-order valence-corrected chi connectivity index (χ2v) is 4.42. The SMILES string of the molecule is NS(=O)(=O)c1c(C(F)F)ccnc1CCl. The van der Waals surface area contributed by atoms with E-state index >= 15 is 0 Å². The number of halogens is 3. The van der Waals surface area contributed by atoms with Gasteiger partial charge in [-0.05, 0) is 6.07 Å². The molecule has 0 bridgehead atoms. The van der Waals surface area contributed by atoms with Crippen LogP contribution in [0.2, 0.25) is 0 Å². The average Bonchev–Trinajstić information content (AvgIpc) is 2.15. The predicted octanol–water partition coefficient (Wildman–Crippen LogP) is 1.41. The highest BCUT2D eigenvalue weighted by molar-refractivity contribution is 7.89. The summed E-state index contributed by atoms with van der Waals surface area (Å²) >= 11 is 5.39. The normalized spacial score (nSPS) is 12.1. The lowest BCUT2D eigenvalue weighted by Crippen LogP contribution is -2.17. The molecule has 0 aliphatic heterocycles. The Labute approximate surface area is 90.1 Å². The van der Waals surface area contributed by atoms with E-state index in [1.165, 1.54) is 0 Å².